The van der Waals surface area contributed by atoms with Gasteiger partial charge >= 0.3 is 5.97 Å². The maximum atomic E-state index is 12.6. The summed E-state index contributed by atoms with van der Waals surface area (Å²) in [5.41, 5.74) is 5.61. The summed E-state index contributed by atoms with van der Waals surface area (Å²) in [6.45, 7) is 10.5. The minimum absolute atomic E-state index is 0.214. The Morgan fingerprint density at radius 2 is 1.74 bits per heavy atom. The van der Waals surface area contributed by atoms with E-state index in [1.54, 1.807) is 6.07 Å². The van der Waals surface area contributed by atoms with Crippen molar-refractivity contribution in [3.8, 4) is 0 Å². The van der Waals surface area contributed by atoms with Crippen LogP contribution in [0.2, 0.25) is 0 Å². The first-order valence-electron chi connectivity index (χ1n) is 12.3. The van der Waals surface area contributed by atoms with Crippen LogP contribution in [0, 0.1) is 5.41 Å². The highest BCUT2D eigenvalue weighted by molar-refractivity contribution is 6.09. The lowest BCUT2D eigenvalue weighted by Gasteiger charge is -2.32. The number of esters is 1. The van der Waals surface area contributed by atoms with Gasteiger partial charge in [0.1, 0.15) is 0 Å². The summed E-state index contributed by atoms with van der Waals surface area (Å²) in [6.07, 6.45) is 15.3. The molecule has 0 spiro atoms. The van der Waals surface area contributed by atoms with Gasteiger partial charge in [0, 0.05) is 11.6 Å². The van der Waals surface area contributed by atoms with Gasteiger partial charge in [0.05, 0.1) is 0 Å². The first-order valence-corrected chi connectivity index (χ1v) is 12.3. The van der Waals surface area contributed by atoms with Crippen molar-refractivity contribution in [2.45, 2.75) is 53.9 Å². The van der Waals surface area contributed by atoms with Crippen LogP contribution in [0.15, 0.2) is 101 Å². The molecular formula is C32H36O3. The van der Waals surface area contributed by atoms with Crippen molar-refractivity contribution in [2.24, 2.45) is 5.41 Å². The molecule has 0 heterocycles. The van der Waals surface area contributed by atoms with E-state index in [2.05, 4.69) is 39.8 Å². The van der Waals surface area contributed by atoms with E-state index in [0.717, 1.165) is 21.9 Å². The summed E-state index contributed by atoms with van der Waals surface area (Å²) in [4.78, 5) is 24.8. The molecule has 0 atom stereocenters. The second-order valence-corrected chi connectivity index (χ2v) is 9.98. The number of benzene rings is 2. The van der Waals surface area contributed by atoms with Gasteiger partial charge in [-0.3, -0.25) is 4.79 Å². The Labute approximate surface area is 209 Å². The molecule has 0 saturated heterocycles. The molecule has 2 aromatic carbocycles. The largest absolute Gasteiger partial charge is 0.454 e. The highest BCUT2D eigenvalue weighted by Gasteiger charge is 2.26. The normalized spacial score (nSPS) is 16.9. The van der Waals surface area contributed by atoms with Gasteiger partial charge in [-0.15, -0.1) is 0 Å². The number of hydrogen-bond donors (Lipinski definition) is 0. The Morgan fingerprint density at radius 1 is 1.00 bits per heavy atom. The van der Waals surface area contributed by atoms with Gasteiger partial charge in [0.2, 0.25) is 5.78 Å². The van der Waals surface area contributed by atoms with Crippen molar-refractivity contribution >= 4 is 22.5 Å². The Hall–Kier alpha value is -3.46. The predicted octanol–water partition coefficient (Wildman–Crippen LogP) is 8.10. The lowest BCUT2D eigenvalue weighted by molar-refractivity contribution is -0.136. The molecule has 0 saturated carbocycles. The van der Waals surface area contributed by atoms with E-state index >= 15 is 0 Å². The van der Waals surface area contributed by atoms with Crippen LogP contribution in [0.5, 0.6) is 0 Å². The molecule has 182 valence electrons. The molecule has 0 aliphatic heterocycles. The molecule has 0 radical (unpaired) electrons. The molecule has 3 rings (SSSR count). The monoisotopic (exact) mass is 468 g/mol. The molecule has 0 amide bonds. The number of ether oxygens (including phenoxy) is 1. The molecule has 1 aliphatic rings. The number of ketones is 1. The summed E-state index contributed by atoms with van der Waals surface area (Å²) in [5.74, 6) is -0.739. The summed E-state index contributed by atoms with van der Waals surface area (Å²) in [5, 5.41) is 1.85. The van der Waals surface area contributed by atoms with Crippen LogP contribution < -0.4 is 0 Å². The van der Waals surface area contributed by atoms with Crippen molar-refractivity contribution < 1.29 is 14.3 Å². The maximum absolute atomic E-state index is 12.6. The van der Waals surface area contributed by atoms with Crippen LogP contribution >= 0.6 is 0 Å². The summed E-state index contributed by atoms with van der Waals surface area (Å²) in [7, 11) is 0. The Balaban J connectivity index is 1.55. The van der Waals surface area contributed by atoms with Crippen LogP contribution in [-0.2, 0) is 9.53 Å². The lowest BCUT2D eigenvalue weighted by atomic mass is 9.72. The van der Waals surface area contributed by atoms with Crippen molar-refractivity contribution in [3.63, 3.8) is 0 Å². The third kappa shape index (κ3) is 7.26. The molecule has 0 bridgehead atoms. The van der Waals surface area contributed by atoms with Crippen LogP contribution in [0.4, 0.5) is 0 Å². The van der Waals surface area contributed by atoms with E-state index in [1.807, 2.05) is 61.5 Å². The fraction of sp³-hybridized carbons (Fsp3) is 0.312. The third-order valence-electron chi connectivity index (χ3n) is 6.55. The molecule has 0 fully saturated rings. The quantitative estimate of drug-likeness (QED) is 0.170. The van der Waals surface area contributed by atoms with E-state index in [1.165, 1.54) is 36.5 Å². The highest BCUT2D eigenvalue weighted by atomic mass is 16.5. The molecule has 2 aromatic rings. The highest BCUT2D eigenvalue weighted by Crippen LogP contribution is 2.40. The van der Waals surface area contributed by atoms with Gasteiger partial charge < -0.3 is 4.74 Å². The number of Topliss-reactive ketones (excluding diaryl/α,β-unsaturated/α-hetero) is 1. The zero-order valence-electron chi connectivity index (χ0n) is 21.6. The smallest absolute Gasteiger partial charge is 0.331 e. The SMILES string of the molecule is CC(C=CC1=C(C)CCCC1(C)C)=CC=CC(C)=CC(=O)OCC(=O)c1cccc2ccccc12. The maximum Gasteiger partial charge on any atom is 0.331 e. The van der Waals surface area contributed by atoms with E-state index < -0.39 is 5.97 Å². The number of carbonyl (C=O) groups is 2. The Bertz CT molecular complexity index is 1240. The topological polar surface area (TPSA) is 43.4 Å². The number of allylic oxidation sites excluding steroid dienone is 9. The molecule has 0 N–H and O–H groups in total. The minimum atomic E-state index is -0.525. The van der Waals surface area contributed by atoms with E-state index in [-0.39, 0.29) is 17.8 Å². The predicted molar refractivity (Wildman–Crippen MR) is 145 cm³/mol. The van der Waals surface area contributed by atoms with Gasteiger partial charge in [-0.05, 0) is 67.4 Å². The van der Waals surface area contributed by atoms with Gasteiger partial charge in [-0.25, -0.2) is 4.79 Å². The zero-order chi connectivity index (χ0) is 25.4. The number of hydrogen-bond acceptors (Lipinski definition) is 3. The third-order valence-corrected chi connectivity index (χ3v) is 6.55. The van der Waals surface area contributed by atoms with Crippen LogP contribution in [0.1, 0.15) is 64.2 Å². The minimum Gasteiger partial charge on any atom is -0.454 e. The van der Waals surface area contributed by atoms with Crippen molar-refractivity contribution in [2.75, 3.05) is 6.61 Å². The fourth-order valence-corrected chi connectivity index (χ4v) is 4.59. The number of rotatable bonds is 8. The van der Waals surface area contributed by atoms with Gasteiger partial charge in [0.25, 0.3) is 0 Å². The number of fused-ring (bicyclic) bond motifs is 1. The summed E-state index contributed by atoms with van der Waals surface area (Å²) in [6, 6.07) is 13.2. The van der Waals surface area contributed by atoms with E-state index in [0.29, 0.717) is 5.56 Å². The van der Waals surface area contributed by atoms with Gasteiger partial charge in [-0.2, -0.15) is 0 Å². The van der Waals surface area contributed by atoms with E-state index in [4.69, 9.17) is 4.74 Å². The Morgan fingerprint density at radius 3 is 2.51 bits per heavy atom. The first kappa shape index (κ1) is 26.2. The van der Waals surface area contributed by atoms with Gasteiger partial charge in [-0.1, -0.05) is 97.8 Å². The van der Waals surface area contributed by atoms with Crippen molar-refractivity contribution in [3.05, 3.63) is 107 Å². The molecule has 3 nitrogen and oxygen atoms in total. The lowest BCUT2D eigenvalue weighted by Crippen LogP contribution is -2.19. The van der Waals surface area contributed by atoms with Crippen LogP contribution in [-0.4, -0.2) is 18.4 Å². The summed E-state index contributed by atoms with van der Waals surface area (Å²) >= 11 is 0. The molecule has 35 heavy (non-hydrogen) atoms. The molecule has 3 heteroatoms. The van der Waals surface area contributed by atoms with Gasteiger partial charge in [0.15, 0.2) is 6.61 Å². The second-order valence-electron chi connectivity index (χ2n) is 9.98. The molecule has 0 unspecified atom stereocenters. The second kappa shape index (κ2) is 11.8. The number of carbonyl (C=O) groups excluding carboxylic acids is 2. The first-order chi connectivity index (χ1) is 16.7. The van der Waals surface area contributed by atoms with Crippen molar-refractivity contribution in [1.29, 1.82) is 0 Å². The average Bonchev–Trinajstić information content (AvgIpc) is 2.81. The molecular weight excluding hydrogens is 432 g/mol. The summed E-state index contributed by atoms with van der Waals surface area (Å²) < 4.78 is 5.21. The molecule has 1 aliphatic carbocycles. The standard InChI is InChI=1S/C32H36O3/c1-23(18-19-29-25(3)13-10-20-32(29,4)5)11-8-12-24(2)21-31(34)35-22-30(33)28-17-9-15-26-14-6-7-16-27(26)28/h6-9,11-12,14-19,21H,10,13,20,22H2,1-5H3. The zero-order valence-corrected chi connectivity index (χ0v) is 21.6. The van der Waals surface area contributed by atoms with E-state index in [9.17, 15) is 9.59 Å². The van der Waals surface area contributed by atoms with Crippen molar-refractivity contribution in [1.82, 2.24) is 0 Å². The molecule has 0 aromatic heterocycles. The fourth-order valence-electron chi connectivity index (χ4n) is 4.59. The average molecular weight is 469 g/mol. The Kier molecular flexibility index (Phi) is 8.81. The van der Waals surface area contributed by atoms with Crippen LogP contribution in [0.25, 0.3) is 10.8 Å². The van der Waals surface area contributed by atoms with Crippen LogP contribution in [0.3, 0.4) is 0 Å².